The minimum atomic E-state index is -0.939. The van der Waals surface area contributed by atoms with Gasteiger partial charge in [-0.05, 0) is 42.5 Å². The van der Waals surface area contributed by atoms with Crippen LogP contribution in [0.2, 0.25) is 0 Å². The molecule has 2 N–H and O–H groups in total. The number of ketones is 1. The standard InChI is InChI=1S/C24H26N2O3/c1-16-19(14-17-8-5-6-9-17)26-13-7-12-20(22(26)21(16)23(27)24(25)28)29-15-18-10-3-2-4-11-18/h2-4,7,10-13,17H,5-6,8-9,14-15H2,1H3,(H2,25,28). The number of pyridine rings is 1. The molecule has 1 amide bonds. The number of hydrogen-bond donors (Lipinski definition) is 1. The average Bonchev–Trinajstić information content (AvgIpc) is 3.34. The summed E-state index contributed by atoms with van der Waals surface area (Å²) >= 11 is 0. The Kier molecular flexibility index (Phi) is 5.38. The van der Waals surface area contributed by atoms with Crippen LogP contribution in [0.1, 0.15) is 52.9 Å². The Morgan fingerprint density at radius 1 is 1.10 bits per heavy atom. The first-order chi connectivity index (χ1) is 14.1. The number of hydrogen-bond acceptors (Lipinski definition) is 3. The van der Waals surface area contributed by atoms with E-state index in [-0.39, 0.29) is 0 Å². The van der Waals surface area contributed by atoms with Crippen LogP contribution in [0.25, 0.3) is 5.52 Å². The van der Waals surface area contributed by atoms with E-state index < -0.39 is 11.7 Å². The molecule has 1 aliphatic rings. The predicted octanol–water partition coefficient (Wildman–Crippen LogP) is 4.23. The van der Waals surface area contributed by atoms with E-state index in [2.05, 4.69) is 0 Å². The van der Waals surface area contributed by atoms with Crippen molar-refractivity contribution in [2.24, 2.45) is 11.7 Å². The van der Waals surface area contributed by atoms with Gasteiger partial charge >= 0.3 is 0 Å². The van der Waals surface area contributed by atoms with Gasteiger partial charge < -0.3 is 14.9 Å². The number of benzene rings is 1. The van der Waals surface area contributed by atoms with Crippen molar-refractivity contribution in [1.82, 2.24) is 4.40 Å². The first kappa shape index (κ1) is 19.2. The maximum atomic E-state index is 12.7. The third-order valence-electron chi connectivity index (χ3n) is 5.94. The molecule has 29 heavy (non-hydrogen) atoms. The fourth-order valence-corrected chi connectivity index (χ4v) is 4.45. The summed E-state index contributed by atoms with van der Waals surface area (Å²) in [7, 11) is 0. The minimum Gasteiger partial charge on any atom is -0.487 e. The Balaban J connectivity index is 1.79. The normalized spacial score (nSPS) is 14.4. The number of rotatable bonds is 7. The third kappa shape index (κ3) is 3.77. The van der Waals surface area contributed by atoms with Crippen LogP contribution in [-0.4, -0.2) is 16.1 Å². The highest BCUT2D eigenvalue weighted by atomic mass is 16.5. The van der Waals surface area contributed by atoms with E-state index >= 15 is 0 Å². The number of aromatic nitrogens is 1. The van der Waals surface area contributed by atoms with Crippen molar-refractivity contribution in [3.63, 3.8) is 0 Å². The van der Waals surface area contributed by atoms with E-state index in [1.807, 2.05) is 60.0 Å². The summed E-state index contributed by atoms with van der Waals surface area (Å²) in [5, 5.41) is 0. The summed E-state index contributed by atoms with van der Waals surface area (Å²) in [6.07, 6.45) is 7.75. The van der Waals surface area contributed by atoms with Crippen molar-refractivity contribution in [2.75, 3.05) is 0 Å². The summed E-state index contributed by atoms with van der Waals surface area (Å²) in [5.41, 5.74) is 9.32. The predicted molar refractivity (Wildman–Crippen MR) is 112 cm³/mol. The number of amides is 1. The second-order valence-electron chi connectivity index (χ2n) is 7.86. The number of Topliss-reactive ketones (excluding diaryl/α,β-unsaturated/α-hetero) is 1. The van der Waals surface area contributed by atoms with E-state index in [0.717, 1.165) is 23.2 Å². The molecule has 0 saturated heterocycles. The summed E-state index contributed by atoms with van der Waals surface area (Å²) in [6.45, 7) is 2.29. The molecular formula is C24H26N2O3. The zero-order valence-electron chi connectivity index (χ0n) is 16.7. The Hall–Kier alpha value is -3.08. The first-order valence-corrected chi connectivity index (χ1v) is 10.2. The minimum absolute atomic E-state index is 0.370. The fraction of sp³-hybridized carbons (Fsp3) is 0.333. The molecule has 0 bridgehead atoms. The van der Waals surface area contributed by atoms with Gasteiger partial charge in [-0.3, -0.25) is 9.59 Å². The molecule has 1 aromatic carbocycles. The smallest absolute Gasteiger partial charge is 0.289 e. The highest BCUT2D eigenvalue weighted by Gasteiger charge is 2.28. The van der Waals surface area contributed by atoms with Crippen LogP contribution in [0, 0.1) is 12.8 Å². The topological polar surface area (TPSA) is 73.8 Å². The van der Waals surface area contributed by atoms with Crippen molar-refractivity contribution in [3.8, 4) is 5.75 Å². The van der Waals surface area contributed by atoms with Crippen molar-refractivity contribution in [2.45, 2.75) is 45.6 Å². The van der Waals surface area contributed by atoms with E-state index in [1.165, 1.54) is 25.7 Å². The lowest BCUT2D eigenvalue weighted by molar-refractivity contribution is -0.114. The van der Waals surface area contributed by atoms with Gasteiger partial charge in [-0.15, -0.1) is 0 Å². The number of ether oxygens (including phenoxy) is 1. The zero-order valence-corrected chi connectivity index (χ0v) is 16.7. The van der Waals surface area contributed by atoms with Crippen LogP contribution in [0.5, 0.6) is 5.75 Å². The van der Waals surface area contributed by atoms with E-state index in [0.29, 0.717) is 29.4 Å². The monoisotopic (exact) mass is 390 g/mol. The van der Waals surface area contributed by atoms with Gasteiger partial charge in [0.25, 0.3) is 11.7 Å². The van der Waals surface area contributed by atoms with E-state index in [4.69, 9.17) is 10.5 Å². The Bertz CT molecular complexity index is 1050. The Morgan fingerprint density at radius 3 is 2.52 bits per heavy atom. The summed E-state index contributed by atoms with van der Waals surface area (Å²) < 4.78 is 8.11. The molecule has 0 radical (unpaired) electrons. The van der Waals surface area contributed by atoms with Gasteiger partial charge in [0.15, 0.2) is 0 Å². The molecule has 2 heterocycles. The van der Waals surface area contributed by atoms with Crippen molar-refractivity contribution in [1.29, 1.82) is 0 Å². The largest absolute Gasteiger partial charge is 0.487 e. The molecular weight excluding hydrogens is 364 g/mol. The Morgan fingerprint density at radius 2 is 1.83 bits per heavy atom. The molecule has 0 atom stereocenters. The highest BCUT2D eigenvalue weighted by Crippen LogP contribution is 2.35. The van der Waals surface area contributed by atoms with Crippen molar-refractivity contribution < 1.29 is 14.3 Å². The van der Waals surface area contributed by atoms with Gasteiger partial charge in [0.05, 0.1) is 11.1 Å². The molecule has 0 aliphatic heterocycles. The van der Waals surface area contributed by atoms with Gasteiger partial charge in [0.2, 0.25) is 0 Å². The quantitative estimate of drug-likeness (QED) is 0.485. The van der Waals surface area contributed by atoms with Crippen LogP contribution in [0.15, 0.2) is 48.7 Å². The lowest BCUT2D eigenvalue weighted by Crippen LogP contribution is -2.23. The molecule has 0 unspecified atom stereocenters. The number of nitrogens with zero attached hydrogens (tertiary/aromatic N) is 1. The second kappa shape index (κ2) is 8.11. The van der Waals surface area contributed by atoms with Gasteiger partial charge in [-0.2, -0.15) is 0 Å². The fourth-order valence-electron chi connectivity index (χ4n) is 4.45. The zero-order chi connectivity index (χ0) is 20.4. The lowest BCUT2D eigenvalue weighted by Gasteiger charge is -2.12. The van der Waals surface area contributed by atoms with Crippen molar-refractivity contribution >= 4 is 17.2 Å². The van der Waals surface area contributed by atoms with Gasteiger partial charge in [-0.1, -0.05) is 56.0 Å². The third-order valence-corrected chi connectivity index (χ3v) is 5.94. The molecule has 150 valence electrons. The number of carbonyl (C=O) groups is 2. The summed E-state index contributed by atoms with van der Waals surface area (Å²) in [4.78, 5) is 24.5. The van der Waals surface area contributed by atoms with Crippen molar-refractivity contribution in [3.05, 3.63) is 71.0 Å². The molecule has 5 heteroatoms. The number of fused-ring (bicyclic) bond motifs is 1. The lowest BCUT2D eigenvalue weighted by atomic mass is 9.98. The van der Waals surface area contributed by atoms with Crippen LogP contribution < -0.4 is 10.5 Å². The summed E-state index contributed by atoms with van der Waals surface area (Å²) in [5.74, 6) is -0.404. The molecule has 5 nitrogen and oxygen atoms in total. The molecule has 1 saturated carbocycles. The van der Waals surface area contributed by atoms with E-state index in [9.17, 15) is 9.59 Å². The molecule has 1 fully saturated rings. The Labute approximate surface area is 170 Å². The molecule has 0 spiro atoms. The van der Waals surface area contributed by atoms with Crippen LogP contribution in [0.3, 0.4) is 0 Å². The van der Waals surface area contributed by atoms with Crippen LogP contribution in [-0.2, 0) is 17.8 Å². The second-order valence-corrected chi connectivity index (χ2v) is 7.86. The SMILES string of the molecule is Cc1c(C(=O)C(N)=O)c2c(OCc3ccccc3)cccn2c1CC1CCCC1. The maximum absolute atomic E-state index is 12.7. The van der Waals surface area contributed by atoms with E-state index in [1.54, 1.807) is 0 Å². The maximum Gasteiger partial charge on any atom is 0.289 e. The van der Waals surface area contributed by atoms with Crippen LogP contribution >= 0.6 is 0 Å². The van der Waals surface area contributed by atoms with Gasteiger partial charge in [0, 0.05) is 11.9 Å². The number of carbonyl (C=O) groups excluding carboxylic acids is 2. The molecule has 2 aromatic heterocycles. The van der Waals surface area contributed by atoms with Gasteiger partial charge in [-0.25, -0.2) is 0 Å². The number of primary amides is 1. The number of nitrogens with two attached hydrogens (primary N) is 1. The van der Waals surface area contributed by atoms with Crippen LogP contribution in [0.4, 0.5) is 0 Å². The summed E-state index contributed by atoms with van der Waals surface area (Å²) in [6, 6.07) is 13.6. The van der Waals surface area contributed by atoms with Gasteiger partial charge in [0.1, 0.15) is 12.4 Å². The average molecular weight is 390 g/mol. The molecule has 3 aromatic rings. The molecule has 4 rings (SSSR count). The first-order valence-electron chi connectivity index (χ1n) is 10.2. The highest BCUT2D eigenvalue weighted by molar-refractivity contribution is 6.44. The molecule has 1 aliphatic carbocycles.